The molecule has 0 unspecified atom stereocenters. The van der Waals surface area contributed by atoms with Crippen LogP contribution in [0.15, 0.2) is 10.7 Å². The second-order valence-corrected chi connectivity index (χ2v) is 3.45. The van der Waals surface area contributed by atoms with Gasteiger partial charge in [0.25, 0.3) is 11.8 Å². The van der Waals surface area contributed by atoms with E-state index in [2.05, 4.69) is 20.5 Å². The predicted molar refractivity (Wildman–Crippen MR) is 56.7 cm³/mol. The Morgan fingerprint density at radius 3 is 2.94 bits per heavy atom. The first-order valence-corrected chi connectivity index (χ1v) is 4.82. The first-order valence-electron chi connectivity index (χ1n) is 4.82. The van der Waals surface area contributed by atoms with Crippen LogP contribution in [0.4, 0.5) is 5.95 Å². The Morgan fingerprint density at radius 2 is 2.31 bits per heavy atom. The second-order valence-electron chi connectivity index (χ2n) is 3.45. The molecule has 0 saturated heterocycles. The summed E-state index contributed by atoms with van der Waals surface area (Å²) in [6.07, 6.45) is 1.72. The maximum atomic E-state index is 5.41. The van der Waals surface area contributed by atoms with Crippen LogP contribution in [-0.2, 0) is 6.54 Å². The normalized spacial score (nSPS) is 10.7. The van der Waals surface area contributed by atoms with Crippen LogP contribution in [0.1, 0.15) is 0 Å². The van der Waals surface area contributed by atoms with Crippen molar-refractivity contribution < 1.29 is 4.52 Å². The zero-order chi connectivity index (χ0) is 11.5. The lowest BCUT2D eigenvalue weighted by atomic mass is 10.5. The molecule has 0 bridgehead atoms. The maximum Gasteiger partial charge on any atom is 0.281 e. The van der Waals surface area contributed by atoms with Gasteiger partial charge in [-0.05, 0) is 5.16 Å². The van der Waals surface area contributed by atoms with E-state index in [9.17, 15) is 0 Å². The molecule has 0 aliphatic rings. The van der Waals surface area contributed by atoms with Crippen LogP contribution in [0.2, 0.25) is 0 Å². The average Bonchev–Trinajstić information content (AvgIpc) is 2.84. The fraction of sp³-hybridized carbons (Fsp3) is 0.500. The summed E-state index contributed by atoms with van der Waals surface area (Å²) >= 11 is 0. The minimum atomic E-state index is 0.354. The topological polar surface area (TPSA) is 98.9 Å². The molecule has 0 aliphatic carbocycles. The van der Waals surface area contributed by atoms with Gasteiger partial charge in [0.2, 0.25) is 0 Å². The Bertz CT molecular complexity index is 460. The number of nitrogens with zero attached hydrogens (tertiary/aromatic N) is 6. The van der Waals surface area contributed by atoms with Crippen LogP contribution in [0.3, 0.4) is 0 Å². The van der Waals surface area contributed by atoms with Crippen LogP contribution in [0.25, 0.3) is 11.6 Å². The highest BCUT2D eigenvalue weighted by Crippen LogP contribution is 2.16. The van der Waals surface area contributed by atoms with Crippen LogP contribution in [0, 0.1) is 0 Å². The van der Waals surface area contributed by atoms with E-state index in [-0.39, 0.29) is 0 Å². The van der Waals surface area contributed by atoms with Crippen LogP contribution in [-0.4, -0.2) is 45.8 Å². The van der Waals surface area contributed by atoms with Crippen LogP contribution >= 0.6 is 0 Å². The Morgan fingerprint density at radius 1 is 1.50 bits per heavy atom. The van der Waals surface area contributed by atoms with Crippen molar-refractivity contribution in [1.29, 1.82) is 0 Å². The van der Waals surface area contributed by atoms with Crippen molar-refractivity contribution >= 4 is 5.95 Å². The van der Waals surface area contributed by atoms with Gasteiger partial charge in [-0.25, -0.2) is 0 Å². The third-order valence-corrected chi connectivity index (χ3v) is 1.93. The summed E-state index contributed by atoms with van der Waals surface area (Å²) in [5.74, 6) is 0.857. The summed E-state index contributed by atoms with van der Waals surface area (Å²) < 4.78 is 6.69. The van der Waals surface area contributed by atoms with E-state index in [1.165, 1.54) is 0 Å². The predicted octanol–water partition coefficient (Wildman–Crippen LogP) is -0.647. The largest absolute Gasteiger partial charge is 0.344 e. The Hall–Kier alpha value is -1.96. The average molecular weight is 223 g/mol. The highest BCUT2D eigenvalue weighted by molar-refractivity contribution is 5.46. The van der Waals surface area contributed by atoms with Crippen molar-refractivity contribution in [2.45, 2.75) is 6.54 Å². The molecule has 2 heterocycles. The van der Waals surface area contributed by atoms with Crippen LogP contribution in [0.5, 0.6) is 0 Å². The number of hydrogen-bond donors (Lipinski definition) is 1. The van der Waals surface area contributed by atoms with E-state index in [4.69, 9.17) is 10.3 Å². The van der Waals surface area contributed by atoms with Gasteiger partial charge in [0, 0.05) is 20.6 Å². The number of rotatable bonds is 4. The van der Waals surface area contributed by atoms with E-state index >= 15 is 0 Å². The van der Waals surface area contributed by atoms with Crippen molar-refractivity contribution in [3.8, 4) is 11.6 Å². The SMILES string of the molecule is CN(C)c1noc(-c2cn(CCN)nn2)n1. The van der Waals surface area contributed by atoms with E-state index in [1.807, 2.05) is 14.1 Å². The first-order chi connectivity index (χ1) is 7.70. The molecule has 16 heavy (non-hydrogen) atoms. The molecular weight excluding hydrogens is 210 g/mol. The highest BCUT2D eigenvalue weighted by atomic mass is 16.5. The quantitative estimate of drug-likeness (QED) is 0.735. The second kappa shape index (κ2) is 4.27. The van der Waals surface area contributed by atoms with Gasteiger partial charge in [-0.3, -0.25) is 4.68 Å². The fourth-order valence-corrected chi connectivity index (χ4v) is 1.14. The summed E-state index contributed by atoms with van der Waals surface area (Å²) in [6.45, 7) is 1.12. The maximum absolute atomic E-state index is 5.41. The van der Waals surface area contributed by atoms with E-state index < -0.39 is 0 Å². The van der Waals surface area contributed by atoms with Gasteiger partial charge < -0.3 is 15.2 Å². The molecule has 0 amide bonds. The lowest BCUT2D eigenvalue weighted by Crippen LogP contribution is -2.10. The van der Waals surface area contributed by atoms with E-state index in [0.29, 0.717) is 30.6 Å². The van der Waals surface area contributed by atoms with Gasteiger partial charge in [-0.15, -0.1) is 5.10 Å². The summed E-state index contributed by atoms with van der Waals surface area (Å²) in [7, 11) is 3.67. The lowest BCUT2D eigenvalue weighted by molar-refractivity contribution is 0.429. The molecule has 2 N–H and O–H groups in total. The monoisotopic (exact) mass is 223 g/mol. The van der Waals surface area contributed by atoms with Gasteiger partial charge in [-0.2, -0.15) is 4.98 Å². The molecule has 0 saturated carbocycles. The molecule has 2 aromatic rings. The van der Waals surface area contributed by atoms with Gasteiger partial charge >= 0.3 is 0 Å². The summed E-state index contributed by atoms with van der Waals surface area (Å²) in [4.78, 5) is 5.90. The Balaban J connectivity index is 2.21. The van der Waals surface area contributed by atoms with E-state index in [0.717, 1.165) is 0 Å². The van der Waals surface area contributed by atoms with Crippen molar-refractivity contribution in [1.82, 2.24) is 25.1 Å². The summed E-state index contributed by atoms with van der Waals surface area (Å²) in [5, 5.41) is 11.6. The van der Waals surface area contributed by atoms with Crippen molar-refractivity contribution in [2.24, 2.45) is 5.73 Å². The molecule has 2 rings (SSSR count). The third kappa shape index (κ3) is 2.01. The lowest BCUT2D eigenvalue weighted by Gasteiger charge is -2.01. The van der Waals surface area contributed by atoms with Gasteiger partial charge in [0.1, 0.15) is 0 Å². The zero-order valence-corrected chi connectivity index (χ0v) is 9.16. The van der Waals surface area contributed by atoms with Crippen LogP contribution < -0.4 is 10.6 Å². The molecule has 8 heteroatoms. The minimum Gasteiger partial charge on any atom is -0.344 e. The molecule has 8 nitrogen and oxygen atoms in total. The smallest absolute Gasteiger partial charge is 0.281 e. The standard InChI is InChI=1S/C8H13N7O/c1-14(2)8-10-7(16-12-8)6-5-15(4-3-9)13-11-6/h5H,3-4,9H2,1-2H3. The molecule has 0 radical (unpaired) electrons. The number of nitrogens with two attached hydrogens (primary N) is 1. The molecule has 0 aromatic carbocycles. The molecular formula is C8H13N7O. The number of hydrogen-bond acceptors (Lipinski definition) is 7. The molecule has 0 aliphatic heterocycles. The first kappa shape index (κ1) is 10.6. The van der Waals surface area contributed by atoms with Crippen molar-refractivity contribution in [3.63, 3.8) is 0 Å². The fourth-order valence-electron chi connectivity index (χ4n) is 1.14. The van der Waals surface area contributed by atoms with Crippen molar-refractivity contribution in [3.05, 3.63) is 6.20 Å². The van der Waals surface area contributed by atoms with Gasteiger partial charge in [0.15, 0.2) is 5.69 Å². The Kier molecular flexibility index (Phi) is 2.82. The molecule has 0 atom stereocenters. The van der Waals surface area contributed by atoms with Gasteiger partial charge in [-0.1, -0.05) is 5.21 Å². The molecule has 86 valence electrons. The zero-order valence-electron chi connectivity index (χ0n) is 9.16. The number of aromatic nitrogens is 5. The third-order valence-electron chi connectivity index (χ3n) is 1.93. The van der Waals surface area contributed by atoms with Gasteiger partial charge in [0.05, 0.1) is 12.7 Å². The minimum absolute atomic E-state index is 0.354. The number of anilines is 1. The summed E-state index contributed by atoms with van der Waals surface area (Å²) in [5.41, 5.74) is 5.96. The molecule has 0 fully saturated rings. The van der Waals surface area contributed by atoms with E-state index in [1.54, 1.807) is 15.8 Å². The van der Waals surface area contributed by atoms with Crippen molar-refractivity contribution in [2.75, 3.05) is 25.5 Å². The molecule has 0 spiro atoms. The summed E-state index contributed by atoms with van der Waals surface area (Å²) in [6, 6.07) is 0. The Labute approximate surface area is 92.0 Å². The molecule has 2 aromatic heterocycles. The highest BCUT2D eigenvalue weighted by Gasteiger charge is 2.13.